The minimum Gasteiger partial charge on any atom is -0.464 e. The fourth-order valence-electron chi connectivity index (χ4n) is 2.69. The van der Waals surface area contributed by atoms with E-state index in [1.807, 2.05) is 10.6 Å². The second kappa shape index (κ2) is 5.42. The molecule has 0 radical (unpaired) electrons. The first-order valence-corrected chi connectivity index (χ1v) is 7.05. The van der Waals surface area contributed by atoms with Crippen molar-refractivity contribution < 1.29 is 9.53 Å². The Morgan fingerprint density at radius 3 is 3.15 bits per heavy atom. The van der Waals surface area contributed by atoms with Crippen molar-refractivity contribution in [2.45, 2.75) is 18.8 Å². The van der Waals surface area contributed by atoms with Gasteiger partial charge in [-0.1, -0.05) is 11.6 Å². The Balaban J connectivity index is 2.14. The smallest absolute Gasteiger partial charge is 0.358 e. The summed E-state index contributed by atoms with van der Waals surface area (Å²) in [5, 5.41) is 3.95. The average molecular weight is 294 g/mol. The second-order valence-corrected chi connectivity index (χ2v) is 5.39. The van der Waals surface area contributed by atoms with E-state index in [4.69, 9.17) is 16.3 Å². The van der Waals surface area contributed by atoms with E-state index in [9.17, 15) is 4.79 Å². The molecule has 1 unspecified atom stereocenters. The maximum atomic E-state index is 11.9. The number of esters is 1. The number of aromatic nitrogens is 2. The number of fused-ring (bicyclic) bond motifs is 1. The number of carbonyl (C=O) groups excluding carboxylic acids is 1. The molecule has 2 aromatic heterocycles. The molecule has 3 rings (SSSR count). The average Bonchev–Trinajstić information content (AvgIpc) is 2.86. The molecule has 6 heteroatoms. The van der Waals surface area contributed by atoms with E-state index < -0.39 is 5.97 Å². The highest BCUT2D eigenvalue weighted by atomic mass is 35.5. The predicted molar refractivity (Wildman–Crippen MR) is 76.4 cm³/mol. The van der Waals surface area contributed by atoms with Crippen LogP contribution < -0.4 is 5.32 Å². The SMILES string of the molecule is COC(=O)c1nc(C2CCCNC2)n2ccc(Cl)cc12. The molecule has 2 aromatic rings. The number of nitrogens with one attached hydrogen (secondary N) is 1. The van der Waals surface area contributed by atoms with Crippen LogP contribution in [-0.2, 0) is 4.74 Å². The summed E-state index contributed by atoms with van der Waals surface area (Å²) in [6.45, 7) is 1.91. The zero-order valence-corrected chi connectivity index (χ0v) is 12.0. The molecule has 20 heavy (non-hydrogen) atoms. The lowest BCUT2D eigenvalue weighted by atomic mass is 9.99. The Labute approximate surface area is 121 Å². The van der Waals surface area contributed by atoms with Gasteiger partial charge in [-0.05, 0) is 31.5 Å². The van der Waals surface area contributed by atoms with Crippen molar-refractivity contribution in [3.05, 3.63) is 34.9 Å². The van der Waals surface area contributed by atoms with Gasteiger partial charge in [0.25, 0.3) is 0 Å². The summed E-state index contributed by atoms with van der Waals surface area (Å²) in [6.07, 6.45) is 4.04. The molecule has 0 saturated carbocycles. The van der Waals surface area contributed by atoms with Crippen LogP contribution >= 0.6 is 11.6 Å². The first-order valence-electron chi connectivity index (χ1n) is 6.67. The van der Waals surface area contributed by atoms with Crippen molar-refractivity contribution in [1.29, 1.82) is 0 Å². The Hall–Kier alpha value is -1.59. The third-order valence-electron chi connectivity index (χ3n) is 3.67. The van der Waals surface area contributed by atoms with Gasteiger partial charge in [0.05, 0.1) is 12.6 Å². The van der Waals surface area contributed by atoms with Crippen LogP contribution in [0.5, 0.6) is 0 Å². The van der Waals surface area contributed by atoms with Gasteiger partial charge in [0.2, 0.25) is 0 Å². The maximum Gasteiger partial charge on any atom is 0.358 e. The van der Waals surface area contributed by atoms with Crippen molar-refractivity contribution in [3.8, 4) is 0 Å². The van der Waals surface area contributed by atoms with E-state index in [0.29, 0.717) is 22.2 Å². The highest BCUT2D eigenvalue weighted by Crippen LogP contribution is 2.27. The van der Waals surface area contributed by atoms with E-state index in [-0.39, 0.29) is 0 Å². The normalized spacial score (nSPS) is 19.2. The number of ether oxygens (including phenoxy) is 1. The lowest BCUT2D eigenvalue weighted by molar-refractivity contribution is 0.0596. The highest BCUT2D eigenvalue weighted by Gasteiger charge is 2.24. The molecule has 1 atom stereocenters. The first-order chi connectivity index (χ1) is 9.70. The molecule has 1 N–H and O–H groups in total. The number of carbonyl (C=O) groups is 1. The van der Waals surface area contributed by atoms with Gasteiger partial charge in [-0.2, -0.15) is 0 Å². The number of methoxy groups -OCH3 is 1. The number of piperidine rings is 1. The van der Waals surface area contributed by atoms with E-state index in [1.165, 1.54) is 7.11 Å². The maximum absolute atomic E-state index is 11.9. The summed E-state index contributed by atoms with van der Waals surface area (Å²) < 4.78 is 6.75. The topological polar surface area (TPSA) is 55.6 Å². The standard InChI is InChI=1S/C14H16ClN3O2/c1-20-14(19)12-11-7-10(15)4-6-18(11)13(17-12)9-3-2-5-16-8-9/h4,6-7,9,16H,2-3,5,8H2,1H3. The lowest BCUT2D eigenvalue weighted by Gasteiger charge is -2.21. The molecule has 1 aliphatic heterocycles. The molecule has 3 heterocycles. The molecule has 0 aliphatic carbocycles. The molecule has 5 nitrogen and oxygen atoms in total. The zero-order valence-electron chi connectivity index (χ0n) is 11.2. The van der Waals surface area contributed by atoms with Gasteiger partial charge in [0.15, 0.2) is 5.69 Å². The summed E-state index contributed by atoms with van der Waals surface area (Å²) >= 11 is 6.03. The minimum atomic E-state index is -0.431. The van der Waals surface area contributed by atoms with Crippen LogP contribution in [0.4, 0.5) is 0 Å². The van der Waals surface area contributed by atoms with Crippen molar-refractivity contribution in [2.24, 2.45) is 0 Å². The van der Waals surface area contributed by atoms with E-state index in [0.717, 1.165) is 31.8 Å². The summed E-state index contributed by atoms with van der Waals surface area (Å²) in [4.78, 5) is 16.4. The third-order valence-corrected chi connectivity index (χ3v) is 3.91. The Morgan fingerprint density at radius 1 is 1.60 bits per heavy atom. The number of nitrogens with zero attached hydrogens (tertiary/aromatic N) is 2. The largest absolute Gasteiger partial charge is 0.464 e. The molecule has 1 fully saturated rings. The monoisotopic (exact) mass is 293 g/mol. The van der Waals surface area contributed by atoms with Crippen LogP contribution in [-0.4, -0.2) is 35.6 Å². The molecule has 0 spiro atoms. The van der Waals surface area contributed by atoms with Crippen LogP contribution in [0.3, 0.4) is 0 Å². The number of pyridine rings is 1. The van der Waals surface area contributed by atoms with Crippen molar-refractivity contribution in [2.75, 3.05) is 20.2 Å². The molecule has 0 amide bonds. The number of imidazole rings is 1. The predicted octanol–water partition coefficient (Wildman–Crippen LogP) is 2.24. The van der Waals surface area contributed by atoms with Gasteiger partial charge < -0.3 is 14.5 Å². The molecule has 106 valence electrons. The summed E-state index contributed by atoms with van der Waals surface area (Å²) in [7, 11) is 1.36. The van der Waals surface area contributed by atoms with Crippen LogP contribution in [0.2, 0.25) is 5.02 Å². The summed E-state index contributed by atoms with van der Waals surface area (Å²) in [5.41, 5.74) is 1.03. The fraction of sp³-hybridized carbons (Fsp3) is 0.429. The van der Waals surface area contributed by atoms with Crippen LogP contribution in [0.15, 0.2) is 18.3 Å². The quantitative estimate of drug-likeness (QED) is 0.863. The Kier molecular flexibility index (Phi) is 3.63. The second-order valence-electron chi connectivity index (χ2n) is 4.95. The first kappa shape index (κ1) is 13.4. The van der Waals surface area contributed by atoms with Crippen molar-refractivity contribution >= 4 is 23.1 Å². The van der Waals surface area contributed by atoms with E-state index in [1.54, 1.807) is 12.1 Å². The van der Waals surface area contributed by atoms with Gasteiger partial charge >= 0.3 is 5.97 Å². The van der Waals surface area contributed by atoms with Crippen molar-refractivity contribution in [3.63, 3.8) is 0 Å². The summed E-state index contributed by atoms with van der Waals surface area (Å²) in [5.74, 6) is 0.764. The zero-order chi connectivity index (χ0) is 14.1. The third kappa shape index (κ3) is 2.27. The van der Waals surface area contributed by atoms with E-state index in [2.05, 4.69) is 10.3 Å². The molecule has 0 bridgehead atoms. The number of halogens is 1. The van der Waals surface area contributed by atoms with Crippen LogP contribution in [0.25, 0.3) is 5.52 Å². The van der Waals surface area contributed by atoms with Gasteiger partial charge in [-0.15, -0.1) is 0 Å². The van der Waals surface area contributed by atoms with Gasteiger partial charge in [-0.25, -0.2) is 9.78 Å². The number of hydrogen-bond donors (Lipinski definition) is 1. The molecule has 1 aliphatic rings. The van der Waals surface area contributed by atoms with E-state index >= 15 is 0 Å². The minimum absolute atomic E-state index is 0.302. The van der Waals surface area contributed by atoms with Gasteiger partial charge in [0.1, 0.15) is 5.82 Å². The molecule has 0 aromatic carbocycles. The van der Waals surface area contributed by atoms with Gasteiger partial charge in [-0.3, -0.25) is 0 Å². The number of rotatable bonds is 2. The molecular formula is C14H16ClN3O2. The highest BCUT2D eigenvalue weighted by molar-refractivity contribution is 6.31. The fourth-order valence-corrected chi connectivity index (χ4v) is 2.85. The summed E-state index contributed by atoms with van der Waals surface area (Å²) in [6, 6.07) is 3.55. The van der Waals surface area contributed by atoms with Crippen LogP contribution in [0.1, 0.15) is 35.1 Å². The Bertz CT molecular complexity index is 647. The van der Waals surface area contributed by atoms with Gasteiger partial charge in [0, 0.05) is 23.7 Å². The van der Waals surface area contributed by atoms with Crippen LogP contribution in [0, 0.1) is 0 Å². The van der Waals surface area contributed by atoms with Crippen molar-refractivity contribution in [1.82, 2.24) is 14.7 Å². The number of hydrogen-bond acceptors (Lipinski definition) is 4. The molecule has 1 saturated heterocycles. The molecular weight excluding hydrogens is 278 g/mol. The lowest BCUT2D eigenvalue weighted by Crippen LogP contribution is -2.29. The Morgan fingerprint density at radius 2 is 2.45 bits per heavy atom.